The molecular weight excluding hydrogens is 208 g/mol. The zero-order chi connectivity index (χ0) is 11.7. The number of hydrogen-bond acceptors (Lipinski definition) is 1. The second-order valence-electron chi connectivity index (χ2n) is 4.07. The molecule has 0 bridgehead atoms. The van der Waals surface area contributed by atoms with Crippen molar-refractivity contribution in [2.24, 2.45) is 0 Å². The Morgan fingerprint density at radius 1 is 0.941 bits per heavy atom. The van der Waals surface area contributed by atoms with Gasteiger partial charge in [0.25, 0.3) is 0 Å². The molecule has 0 unspecified atom stereocenters. The van der Waals surface area contributed by atoms with E-state index in [-0.39, 0.29) is 0 Å². The first-order valence-corrected chi connectivity index (χ1v) is 5.92. The molecule has 0 N–H and O–H groups in total. The maximum atomic E-state index is 5.26. The Balaban J connectivity index is 2.03. The van der Waals surface area contributed by atoms with Crippen LogP contribution in [-0.2, 0) is 4.74 Å². The SMILES string of the molecule is CCOC=Cc1cccc2c1-c1ccccc1-2. The van der Waals surface area contributed by atoms with Gasteiger partial charge < -0.3 is 4.74 Å². The summed E-state index contributed by atoms with van der Waals surface area (Å²) in [5.74, 6) is 0. The van der Waals surface area contributed by atoms with Crippen molar-refractivity contribution < 1.29 is 4.74 Å². The minimum Gasteiger partial charge on any atom is -0.501 e. The van der Waals surface area contributed by atoms with Gasteiger partial charge in [0.15, 0.2) is 0 Å². The lowest BCUT2D eigenvalue weighted by molar-refractivity contribution is 0.272. The van der Waals surface area contributed by atoms with Crippen molar-refractivity contribution in [1.29, 1.82) is 0 Å². The first-order chi connectivity index (χ1) is 8.42. The van der Waals surface area contributed by atoms with Crippen molar-refractivity contribution in [1.82, 2.24) is 0 Å². The van der Waals surface area contributed by atoms with Gasteiger partial charge in [-0.3, -0.25) is 0 Å². The van der Waals surface area contributed by atoms with Gasteiger partial charge in [-0.2, -0.15) is 0 Å². The average molecular weight is 222 g/mol. The zero-order valence-electron chi connectivity index (χ0n) is 9.81. The second kappa shape index (κ2) is 4.10. The molecule has 0 saturated heterocycles. The van der Waals surface area contributed by atoms with Gasteiger partial charge in [-0.1, -0.05) is 42.5 Å². The quantitative estimate of drug-likeness (QED) is 0.599. The van der Waals surface area contributed by atoms with E-state index in [9.17, 15) is 0 Å². The molecular formula is C16H14O. The molecule has 2 aromatic rings. The maximum Gasteiger partial charge on any atom is 0.0845 e. The van der Waals surface area contributed by atoms with Crippen LogP contribution in [0.25, 0.3) is 28.3 Å². The molecule has 0 atom stereocenters. The summed E-state index contributed by atoms with van der Waals surface area (Å²) in [6.45, 7) is 2.70. The third-order valence-electron chi connectivity index (χ3n) is 3.09. The summed E-state index contributed by atoms with van der Waals surface area (Å²) < 4.78 is 5.26. The molecule has 0 saturated carbocycles. The third kappa shape index (κ3) is 1.55. The van der Waals surface area contributed by atoms with Crippen LogP contribution < -0.4 is 0 Å². The fraction of sp³-hybridized carbons (Fsp3) is 0.125. The van der Waals surface area contributed by atoms with Gasteiger partial charge in [-0.05, 0) is 40.8 Å². The van der Waals surface area contributed by atoms with E-state index in [4.69, 9.17) is 4.74 Å². The smallest absolute Gasteiger partial charge is 0.0845 e. The molecule has 0 aromatic heterocycles. The highest BCUT2D eigenvalue weighted by atomic mass is 16.5. The second-order valence-corrected chi connectivity index (χ2v) is 4.07. The molecule has 1 aliphatic rings. The summed E-state index contributed by atoms with van der Waals surface area (Å²) in [6.07, 6.45) is 3.81. The Morgan fingerprint density at radius 2 is 1.71 bits per heavy atom. The van der Waals surface area contributed by atoms with Crippen LogP contribution in [0.2, 0.25) is 0 Å². The molecule has 1 aliphatic carbocycles. The summed E-state index contributed by atoms with van der Waals surface area (Å²) in [5.41, 5.74) is 6.63. The van der Waals surface area contributed by atoms with Crippen LogP contribution >= 0.6 is 0 Å². The summed E-state index contributed by atoms with van der Waals surface area (Å²) in [6, 6.07) is 14.9. The fourth-order valence-corrected chi connectivity index (χ4v) is 2.33. The van der Waals surface area contributed by atoms with Crippen LogP contribution in [0.3, 0.4) is 0 Å². The fourth-order valence-electron chi connectivity index (χ4n) is 2.33. The van der Waals surface area contributed by atoms with Gasteiger partial charge in [0.1, 0.15) is 0 Å². The van der Waals surface area contributed by atoms with E-state index >= 15 is 0 Å². The van der Waals surface area contributed by atoms with Gasteiger partial charge in [0.2, 0.25) is 0 Å². The molecule has 0 heterocycles. The van der Waals surface area contributed by atoms with Crippen molar-refractivity contribution in [3.05, 3.63) is 54.3 Å². The first-order valence-electron chi connectivity index (χ1n) is 5.92. The Labute approximate surface area is 101 Å². The number of rotatable bonds is 3. The third-order valence-corrected chi connectivity index (χ3v) is 3.09. The van der Waals surface area contributed by atoms with Gasteiger partial charge in [-0.15, -0.1) is 0 Å². The summed E-state index contributed by atoms with van der Waals surface area (Å²) >= 11 is 0. The van der Waals surface area contributed by atoms with E-state index in [0.717, 1.165) is 0 Å². The predicted octanol–water partition coefficient (Wildman–Crippen LogP) is 4.34. The van der Waals surface area contributed by atoms with Crippen LogP contribution in [0.15, 0.2) is 48.7 Å². The van der Waals surface area contributed by atoms with Crippen molar-refractivity contribution in [3.63, 3.8) is 0 Å². The predicted molar refractivity (Wildman–Crippen MR) is 71.5 cm³/mol. The van der Waals surface area contributed by atoms with Crippen molar-refractivity contribution >= 4 is 6.08 Å². The van der Waals surface area contributed by atoms with Crippen molar-refractivity contribution in [2.45, 2.75) is 6.92 Å². The van der Waals surface area contributed by atoms with Crippen LogP contribution in [0.1, 0.15) is 12.5 Å². The van der Waals surface area contributed by atoms with E-state index in [0.29, 0.717) is 6.61 Å². The van der Waals surface area contributed by atoms with E-state index in [1.807, 2.05) is 13.0 Å². The van der Waals surface area contributed by atoms with Crippen LogP contribution in [0.5, 0.6) is 0 Å². The number of ether oxygens (including phenoxy) is 1. The lowest BCUT2D eigenvalue weighted by atomic mass is 9.78. The Bertz CT molecular complexity index is 582. The van der Waals surface area contributed by atoms with E-state index < -0.39 is 0 Å². The molecule has 3 rings (SSSR count). The summed E-state index contributed by atoms with van der Waals surface area (Å²) in [4.78, 5) is 0. The molecule has 84 valence electrons. The number of fused-ring (bicyclic) bond motifs is 4. The van der Waals surface area contributed by atoms with Gasteiger partial charge in [-0.25, -0.2) is 0 Å². The molecule has 1 heteroatoms. The van der Waals surface area contributed by atoms with Gasteiger partial charge >= 0.3 is 0 Å². The summed E-state index contributed by atoms with van der Waals surface area (Å²) in [7, 11) is 0. The minimum absolute atomic E-state index is 0.710. The average Bonchev–Trinajstić information content (AvgIpc) is 2.36. The topological polar surface area (TPSA) is 9.23 Å². The van der Waals surface area contributed by atoms with Gasteiger partial charge in [0, 0.05) is 0 Å². The molecule has 0 spiro atoms. The van der Waals surface area contributed by atoms with E-state index in [1.165, 1.54) is 27.8 Å². The molecule has 0 aliphatic heterocycles. The van der Waals surface area contributed by atoms with E-state index in [1.54, 1.807) is 6.26 Å². The molecule has 0 radical (unpaired) electrons. The minimum atomic E-state index is 0.710. The number of benzene rings is 2. The Kier molecular flexibility index (Phi) is 2.45. The molecule has 1 nitrogen and oxygen atoms in total. The highest BCUT2D eigenvalue weighted by Gasteiger charge is 2.23. The van der Waals surface area contributed by atoms with Crippen LogP contribution in [0.4, 0.5) is 0 Å². The van der Waals surface area contributed by atoms with Crippen molar-refractivity contribution in [2.75, 3.05) is 6.61 Å². The normalized spacial score (nSPS) is 11.8. The van der Waals surface area contributed by atoms with E-state index in [2.05, 4.69) is 42.5 Å². The highest BCUT2D eigenvalue weighted by Crippen LogP contribution is 2.48. The van der Waals surface area contributed by atoms with Crippen LogP contribution in [-0.4, -0.2) is 6.61 Å². The largest absolute Gasteiger partial charge is 0.501 e. The van der Waals surface area contributed by atoms with Gasteiger partial charge in [0.05, 0.1) is 12.9 Å². The summed E-state index contributed by atoms with van der Waals surface area (Å²) in [5, 5.41) is 0. The molecule has 17 heavy (non-hydrogen) atoms. The standard InChI is InChI=1S/C16H14O/c1-2-17-11-10-12-6-5-9-15-13-7-3-4-8-14(13)16(12)15/h3-11H,2H2,1H3. The highest BCUT2D eigenvalue weighted by molar-refractivity contribution is 6.05. The molecule has 0 amide bonds. The Hall–Kier alpha value is -2.02. The monoisotopic (exact) mass is 222 g/mol. The zero-order valence-corrected chi connectivity index (χ0v) is 9.81. The lowest BCUT2D eigenvalue weighted by Gasteiger charge is -2.25. The van der Waals surface area contributed by atoms with Crippen molar-refractivity contribution in [3.8, 4) is 22.3 Å². The first kappa shape index (κ1) is 10.2. The Morgan fingerprint density at radius 3 is 2.53 bits per heavy atom. The number of hydrogen-bond donors (Lipinski definition) is 0. The maximum absolute atomic E-state index is 5.26. The van der Waals surface area contributed by atoms with Crippen LogP contribution in [0, 0.1) is 0 Å². The molecule has 0 fully saturated rings. The molecule has 2 aromatic carbocycles. The lowest BCUT2D eigenvalue weighted by Crippen LogP contribution is -2.00.